The van der Waals surface area contributed by atoms with Gasteiger partial charge in [0.05, 0.1) is 11.7 Å². The molecule has 1 amide bonds. The minimum Gasteiger partial charge on any atom is -0.388 e. The van der Waals surface area contributed by atoms with Crippen molar-refractivity contribution < 1.29 is 18.7 Å². The Hall–Kier alpha value is -3.85. The lowest BCUT2D eigenvalue weighted by Gasteiger charge is -2.14. The van der Waals surface area contributed by atoms with E-state index in [2.05, 4.69) is 15.4 Å². The maximum atomic E-state index is 15.4. The highest BCUT2D eigenvalue weighted by atomic mass is 19.1. The molecule has 0 saturated heterocycles. The summed E-state index contributed by atoms with van der Waals surface area (Å²) in [6.45, 7) is 1.73. The summed E-state index contributed by atoms with van der Waals surface area (Å²) in [6, 6.07) is 12.2. The van der Waals surface area contributed by atoms with Gasteiger partial charge in [-0.3, -0.25) is 4.79 Å². The lowest BCUT2D eigenvalue weighted by Crippen LogP contribution is -2.27. The standard InChI is InChI=1S/C23H21F2N5O2/c1-13-5-6-17(14-8-10-30-19(12-14)28-23(26)29-30)21(25)20(13)22(32)27-9-7-18(31)15-3-2-4-16(24)11-15/h2-6,8,10-12,18,31H,7,9H2,1H3,(H2,26,29)(H,27,32)/t18-/m1/s1. The van der Waals surface area contributed by atoms with Crippen molar-refractivity contribution in [1.29, 1.82) is 0 Å². The van der Waals surface area contributed by atoms with Gasteiger partial charge in [0.2, 0.25) is 5.95 Å². The first-order chi connectivity index (χ1) is 15.3. The summed E-state index contributed by atoms with van der Waals surface area (Å²) in [4.78, 5) is 16.8. The highest BCUT2D eigenvalue weighted by Crippen LogP contribution is 2.28. The molecule has 9 heteroatoms. The number of nitrogens with two attached hydrogens (primary N) is 1. The molecular weight excluding hydrogens is 416 g/mol. The van der Waals surface area contributed by atoms with Crippen molar-refractivity contribution in [2.45, 2.75) is 19.4 Å². The third-order valence-electron chi connectivity index (χ3n) is 5.18. The molecule has 4 aromatic rings. The van der Waals surface area contributed by atoms with E-state index in [4.69, 9.17) is 5.73 Å². The second kappa shape index (κ2) is 8.72. The normalized spacial score (nSPS) is 12.1. The summed E-state index contributed by atoms with van der Waals surface area (Å²) in [6.07, 6.45) is 0.812. The molecule has 0 bridgehead atoms. The van der Waals surface area contributed by atoms with Crippen LogP contribution in [0, 0.1) is 18.6 Å². The minimum absolute atomic E-state index is 0.0800. The van der Waals surface area contributed by atoms with Gasteiger partial charge < -0.3 is 16.2 Å². The number of nitrogens with one attached hydrogen (secondary N) is 1. The fourth-order valence-electron chi connectivity index (χ4n) is 3.53. The predicted octanol–water partition coefficient (Wildman–Crippen LogP) is 3.42. The van der Waals surface area contributed by atoms with Crippen molar-refractivity contribution >= 4 is 17.5 Å². The lowest BCUT2D eigenvalue weighted by molar-refractivity contribution is 0.0938. The van der Waals surface area contributed by atoms with Crippen molar-refractivity contribution in [3.8, 4) is 11.1 Å². The maximum Gasteiger partial charge on any atom is 0.254 e. The van der Waals surface area contributed by atoms with Gasteiger partial charge >= 0.3 is 0 Å². The summed E-state index contributed by atoms with van der Waals surface area (Å²) in [5.74, 6) is -1.61. The number of carbonyl (C=O) groups is 1. The number of nitrogens with zero attached hydrogens (tertiary/aromatic N) is 3. The van der Waals surface area contributed by atoms with Crippen molar-refractivity contribution in [1.82, 2.24) is 19.9 Å². The zero-order valence-corrected chi connectivity index (χ0v) is 17.2. The van der Waals surface area contributed by atoms with Crippen LogP contribution in [0.1, 0.15) is 34.0 Å². The summed E-state index contributed by atoms with van der Waals surface area (Å²) >= 11 is 0. The number of aliphatic hydroxyl groups excluding tert-OH is 1. The maximum absolute atomic E-state index is 15.4. The third kappa shape index (κ3) is 4.28. The smallest absolute Gasteiger partial charge is 0.254 e. The molecule has 0 spiro atoms. The van der Waals surface area contributed by atoms with Gasteiger partial charge in [-0.1, -0.05) is 24.3 Å². The van der Waals surface area contributed by atoms with Gasteiger partial charge in [-0.2, -0.15) is 4.98 Å². The average Bonchev–Trinajstić information content (AvgIpc) is 3.13. The number of rotatable bonds is 6. The van der Waals surface area contributed by atoms with Crippen LogP contribution in [0.3, 0.4) is 0 Å². The second-order valence-corrected chi connectivity index (χ2v) is 7.42. The van der Waals surface area contributed by atoms with Crippen LogP contribution < -0.4 is 11.1 Å². The second-order valence-electron chi connectivity index (χ2n) is 7.42. The zero-order valence-electron chi connectivity index (χ0n) is 17.2. The molecule has 0 radical (unpaired) electrons. The van der Waals surface area contributed by atoms with Crippen LogP contribution in [0.4, 0.5) is 14.7 Å². The molecule has 2 heterocycles. The highest BCUT2D eigenvalue weighted by Gasteiger charge is 2.20. The molecule has 32 heavy (non-hydrogen) atoms. The Morgan fingerprint density at radius 2 is 2.03 bits per heavy atom. The molecule has 4 rings (SSSR count). The summed E-state index contributed by atoms with van der Waals surface area (Å²) in [5.41, 5.74) is 7.63. The molecule has 1 atom stereocenters. The fraction of sp³-hybridized carbons (Fsp3) is 0.174. The number of benzene rings is 2. The van der Waals surface area contributed by atoms with Gasteiger partial charge in [0.1, 0.15) is 11.6 Å². The molecule has 0 fully saturated rings. The number of fused-ring (bicyclic) bond motifs is 1. The quantitative estimate of drug-likeness (QED) is 0.429. The first-order valence-electron chi connectivity index (χ1n) is 9.96. The van der Waals surface area contributed by atoms with E-state index >= 15 is 4.39 Å². The molecule has 0 saturated carbocycles. The lowest BCUT2D eigenvalue weighted by atomic mass is 9.98. The van der Waals surface area contributed by atoms with E-state index in [1.165, 1.54) is 22.7 Å². The van der Waals surface area contributed by atoms with E-state index < -0.39 is 23.6 Å². The molecule has 0 unspecified atom stereocenters. The molecule has 7 nitrogen and oxygen atoms in total. The number of anilines is 1. The Morgan fingerprint density at radius 3 is 2.81 bits per heavy atom. The molecule has 4 N–H and O–H groups in total. The molecular formula is C23H21F2N5O2. The van der Waals surface area contributed by atoms with Crippen molar-refractivity contribution in [3.05, 3.63) is 83.1 Å². The largest absolute Gasteiger partial charge is 0.388 e. The van der Waals surface area contributed by atoms with E-state index in [1.54, 1.807) is 43.5 Å². The first-order valence-corrected chi connectivity index (χ1v) is 9.96. The Balaban J connectivity index is 1.52. The number of amides is 1. The van der Waals surface area contributed by atoms with Crippen LogP contribution in [-0.4, -0.2) is 32.2 Å². The summed E-state index contributed by atoms with van der Waals surface area (Å²) < 4.78 is 30.1. The van der Waals surface area contributed by atoms with Crippen LogP contribution in [0.5, 0.6) is 0 Å². The average molecular weight is 437 g/mol. The number of halogens is 2. The number of nitrogen functional groups attached to an aromatic ring is 1. The van der Waals surface area contributed by atoms with Gasteiger partial charge in [0.15, 0.2) is 5.65 Å². The van der Waals surface area contributed by atoms with Gasteiger partial charge in [-0.15, -0.1) is 5.10 Å². The highest BCUT2D eigenvalue weighted by molar-refractivity contribution is 5.97. The molecule has 2 aromatic carbocycles. The van der Waals surface area contributed by atoms with Crippen molar-refractivity contribution in [2.24, 2.45) is 0 Å². The topological polar surface area (TPSA) is 106 Å². The Kier molecular flexibility index (Phi) is 5.83. The Labute approximate surface area is 182 Å². The number of hydrogen-bond donors (Lipinski definition) is 3. The third-order valence-corrected chi connectivity index (χ3v) is 5.18. The summed E-state index contributed by atoms with van der Waals surface area (Å²) in [5, 5.41) is 16.8. The molecule has 0 aliphatic rings. The van der Waals surface area contributed by atoms with Crippen molar-refractivity contribution in [3.63, 3.8) is 0 Å². The van der Waals surface area contributed by atoms with Crippen LogP contribution in [-0.2, 0) is 0 Å². The van der Waals surface area contributed by atoms with Gasteiger partial charge in [0, 0.05) is 18.3 Å². The van der Waals surface area contributed by atoms with Crippen LogP contribution >= 0.6 is 0 Å². The fourth-order valence-corrected chi connectivity index (χ4v) is 3.53. The van der Waals surface area contributed by atoms with Crippen LogP contribution in [0.25, 0.3) is 16.8 Å². The molecule has 2 aromatic heterocycles. The minimum atomic E-state index is -0.953. The molecule has 0 aliphatic heterocycles. The number of carbonyl (C=O) groups excluding carboxylic acids is 1. The van der Waals surface area contributed by atoms with E-state index in [9.17, 15) is 14.3 Å². The van der Waals surface area contributed by atoms with Gasteiger partial charge in [-0.25, -0.2) is 13.3 Å². The Bertz CT molecular complexity index is 1310. The number of aromatic nitrogens is 3. The van der Waals surface area contributed by atoms with E-state index in [0.29, 0.717) is 22.3 Å². The van der Waals surface area contributed by atoms with Gasteiger partial charge in [0.25, 0.3) is 5.91 Å². The van der Waals surface area contributed by atoms with Crippen LogP contribution in [0.2, 0.25) is 0 Å². The Morgan fingerprint density at radius 1 is 1.22 bits per heavy atom. The first kappa shape index (κ1) is 21.4. The molecule has 164 valence electrons. The monoisotopic (exact) mass is 437 g/mol. The van der Waals surface area contributed by atoms with E-state index in [-0.39, 0.29) is 30.0 Å². The number of hydrogen-bond acceptors (Lipinski definition) is 5. The zero-order chi connectivity index (χ0) is 22.8. The number of aliphatic hydroxyl groups is 1. The SMILES string of the molecule is Cc1ccc(-c2ccn3nc(N)nc3c2)c(F)c1C(=O)NCC[C@@H](O)c1cccc(F)c1. The number of pyridine rings is 1. The van der Waals surface area contributed by atoms with Gasteiger partial charge in [-0.05, 0) is 54.3 Å². The summed E-state index contributed by atoms with van der Waals surface area (Å²) in [7, 11) is 0. The van der Waals surface area contributed by atoms with Crippen molar-refractivity contribution in [2.75, 3.05) is 12.3 Å². The van der Waals surface area contributed by atoms with E-state index in [0.717, 1.165) is 0 Å². The van der Waals surface area contributed by atoms with E-state index in [1.807, 2.05) is 0 Å². The van der Waals surface area contributed by atoms with Crippen LogP contribution in [0.15, 0.2) is 54.7 Å². The number of aryl methyl sites for hydroxylation is 1. The molecule has 0 aliphatic carbocycles. The predicted molar refractivity (Wildman–Crippen MR) is 116 cm³/mol.